The van der Waals surface area contributed by atoms with Gasteiger partial charge in [-0.3, -0.25) is 19.5 Å². The molecule has 1 aromatic heterocycles. The van der Waals surface area contributed by atoms with E-state index in [1.54, 1.807) is 0 Å². The van der Waals surface area contributed by atoms with Crippen LogP contribution in [0.25, 0.3) is 10.9 Å². The van der Waals surface area contributed by atoms with Gasteiger partial charge in [-0.05, 0) is 31.9 Å². The highest BCUT2D eigenvalue weighted by molar-refractivity contribution is 6.05. The highest BCUT2D eigenvalue weighted by atomic mass is 16.2. The zero-order valence-electron chi connectivity index (χ0n) is 14.6. The van der Waals surface area contributed by atoms with Crippen LogP contribution in [0.1, 0.15) is 28.9 Å². The first kappa shape index (κ1) is 16.2. The summed E-state index contributed by atoms with van der Waals surface area (Å²) in [6.45, 7) is 5.35. The molecule has 0 atom stereocenters. The number of para-hydroxylation sites is 1. The average Bonchev–Trinajstić information content (AvgIpc) is 3.46. The molecular formula is C20H23N3O2. The van der Waals surface area contributed by atoms with Gasteiger partial charge in [0, 0.05) is 43.2 Å². The highest BCUT2D eigenvalue weighted by Gasteiger charge is 2.31. The number of rotatable bonds is 4. The Morgan fingerprint density at radius 1 is 1.08 bits per heavy atom. The minimum atomic E-state index is 0.0388. The Bertz CT molecular complexity index is 821. The maximum Gasteiger partial charge on any atom is 0.256 e. The van der Waals surface area contributed by atoms with E-state index in [1.165, 1.54) is 0 Å². The topological polar surface area (TPSA) is 53.5 Å². The summed E-state index contributed by atoms with van der Waals surface area (Å²) >= 11 is 0. The fraction of sp³-hybridized carbons (Fsp3) is 0.450. The van der Waals surface area contributed by atoms with Crippen molar-refractivity contribution in [3.05, 3.63) is 41.6 Å². The van der Waals surface area contributed by atoms with Gasteiger partial charge in [0.1, 0.15) is 5.78 Å². The van der Waals surface area contributed by atoms with Gasteiger partial charge in [0.05, 0.1) is 17.6 Å². The number of pyridine rings is 1. The zero-order valence-corrected chi connectivity index (χ0v) is 14.6. The lowest BCUT2D eigenvalue weighted by Gasteiger charge is -2.34. The van der Waals surface area contributed by atoms with E-state index in [-0.39, 0.29) is 5.91 Å². The predicted molar refractivity (Wildman–Crippen MR) is 96.6 cm³/mol. The standard InChI is InChI=1S/C20H23N3O2/c1-14-5-6-16-3-2-4-17(19(16)21-14)20(25)23-11-9-22(10-12-23)13-18(24)15-7-8-15/h2-6,15H,7-13H2,1H3. The fourth-order valence-electron chi connectivity index (χ4n) is 3.45. The second kappa shape index (κ2) is 6.56. The molecule has 2 heterocycles. The molecule has 2 aromatic rings. The number of aromatic nitrogens is 1. The van der Waals surface area contributed by atoms with Crippen molar-refractivity contribution in [3.8, 4) is 0 Å². The van der Waals surface area contributed by atoms with E-state index in [0.29, 0.717) is 36.9 Å². The zero-order chi connectivity index (χ0) is 17.4. The molecule has 1 aliphatic heterocycles. The van der Waals surface area contributed by atoms with E-state index in [1.807, 2.05) is 42.2 Å². The summed E-state index contributed by atoms with van der Waals surface area (Å²) in [7, 11) is 0. The molecule has 0 bridgehead atoms. The minimum Gasteiger partial charge on any atom is -0.336 e. The lowest BCUT2D eigenvalue weighted by Crippen LogP contribution is -2.50. The molecule has 1 saturated heterocycles. The number of piperazine rings is 1. The van der Waals surface area contributed by atoms with Gasteiger partial charge in [-0.2, -0.15) is 0 Å². The van der Waals surface area contributed by atoms with Crippen LogP contribution in [0.4, 0.5) is 0 Å². The third kappa shape index (κ3) is 3.42. The molecule has 0 spiro atoms. The van der Waals surface area contributed by atoms with Crippen LogP contribution in [-0.2, 0) is 4.79 Å². The molecule has 25 heavy (non-hydrogen) atoms. The summed E-state index contributed by atoms with van der Waals surface area (Å²) < 4.78 is 0. The summed E-state index contributed by atoms with van der Waals surface area (Å²) in [5, 5.41) is 0.991. The number of ketones is 1. The van der Waals surface area contributed by atoms with Crippen LogP contribution >= 0.6 is 0 Å². The Balaban J connectivity index is 1.45. The van der Waals surface area contributed by atoms with Crippen molar-refractivity contribution in [2.75, 3.05) is 32.7 Å². The van der Waals surface area contributed by atoms with Gasteiger partial charge in [-0.1, -0.05) is 18.2 Å². The smallest absolute Gasteiger partial charge is 0.256 e. The number of carbonyl (C=O) groups is 2. The van der Waals surface area contributed by atoms with Crippen LogP contribution < -0.4 is 0 Å². The van der Waals surface area contributed by atoms with Crippen LogP contribution in [-0.4, -0.2) is 59.2 Å². The van der Waals surface area contributed by atoms with E-state index in [4.69, 9.17) is 0 Å². The largest absolute Gasteiger partial charge is 0.336 e. The lowest BCUT2D eigenvalue weighted by atomic mass is 10.1. The number of fused-ring (bicyclic) bond motifs is 1. The molecular weight excluding hydrogens is 314 g/mol. The molecule has 0 N–H and O–H groups in total. The number of hydrogen-bond donors (Lipinski definition) is 0. The SMILES string of the molecule is Cc1ccc2cccc(C(=O)N3CCN(CC(=O)C4CC4)CC3)c2n1. The Morgan fingerprint density at radius 3 is 2.56 bits per heavy atom. The molecule has 2 aliphatic rings. The number of aryl methyl sites for hydroxylation is 1. The number of benzene rings is 1. The second-order valence-corrected chi connectivity index (χ2v) is 7.14. The average molecular weight is 337 g/mol. The summed E-state index contributed by atoms with van der Waals surface area (Å²) in [6.07, 6.45) is 2.12. The van der Waals surface area contributed by atoms with E-state index in [2.05, 4.69) is 9.88 Å². The molecule has 1 saturated carbocycles. The first-order valence-electron chi connectivity index (χ1n) is 9.02. The number of nitrogens with zero attached hydrogens (tertiary/aromatic N) is 3. The first-order valence-corrected chi connectivity index (χ1v) is 9.02. The van der Waals surface area contributed by atoms with Crippen molar-refractivity contribution in [1.82, 2.24) is 14.8 Å². The van der Waals surface area contributed by atoms with Crippen molar-refractivity contribution < 1.29 is 9.59 Å². The fourth-order valence-corrected chi connectivity index (χ4v) is 3.45. The van der Waals surface area contributed by atoms with E-state index >= 15 is 0 Å². The molecule has 2 fully saturated rings. The van der Waals surface area contributed by atoms with Crippen LogP contribution in [0, 0.1) is 12.8 Å². The normalized spacial score (nSPS) is 18.5. The van der Waals surface area contributed by atoms with Gasteiger partial charge in [-0.25, -0.2) is 0 Å². The summed E-state index contributed by atoms with van der Waals surface area (Å²) in [5.74, 6) is 0.718. The van der Waals surface area contributed by atoms with Crippen molar-refractivity contribution in [2.24, 2.45) is 5.92 Å². The molecule has 0 unspecified atom stereocenters. The summed E-state index contributed by atoms with van der Waals surface area (Å²) in [5.41, 5.74) is 2.36. The third-order valence-corrected chi connectivity index (χ3v) is 5.16. The third-order valence-electron chi connectivity index (χ3n) is 5.16. The molecule has 4 rings (SSSR count). The van der Waals surface area contributed by atoms with Crippen LogP contribution in [0.5, 0.6) is 0 Å². The Hall–Kier alpha value is -2.27. The molecule has 1 aromatic carbocycles. The van der Waals surface area contributed by atoms with Gasteiger partial charge in [-0.15, -0.1) is 0 Å². The quantitative estimate of drug-likeness (QED) is 0.859. The maximum absolute atomic E-state index is 13.0. The molecule has 1 aliphatic carbocycles. The maximum atomic E-state index is 13.0. The van der Waals surface area contributed by atoms with E-state index < -0.39 is 0 Å². The predicted octanol–water partition coefficient (Wildman–Crippen LogP) is 2.28. The minimum absolute atomic E-state index is 0.0388. The van der Waals surface area contributed by atoms with Gasteiger partial charge in [0.15, 0.2) is 0 Å². The number of Topliss-reactive ketones (excluding diaryl/α,β-unsaturated/α-hetero) is 1. The Labute approximate surface area is 147 Å². The van der Waals surface area contributed by atoms with Gasteiger partial charge >= 0.3 is 0 Å². The molecule has 1 amide bonds. The number of carbonyl (C=O) groups excluding carboxylic acids is 2. The van der Waals surface area contributed by atoms with Crippen LogP contribution in [0.3, 0.4) is 0 Å². The van der Waals surface area contributed by atoms with E-state index in [9.17, 15) is 9.59 Å². The Morgan fingerprint density at radius 2 is 1.84 bits per heavy atom. The molecule has 5 nitrogen and oxygen atoms in total. The lowest BCUT2D eigenvalue weighted by molar-refractivity contribution is -0.121. The number of hydrogen-bond acceptors (Lipinski definition) is 4. The Kier molecular flexibility index (Phi) is 4.25. The highest BCUT2D eigenvalue weighted by Crippen LogP contribution is 2.30. The summed E-state index contributed by atoms with van der Waals surface area (Å²) in [6, 6.07) is 9.74. The van der Waals surface area contributed by atoms with Gasteiger partial charge in [0.25, 0.3) is 5.91 Å². The van der Waals surface area contributed by atoms with Gasteiger partial charge < -0.3 is 4.90 Å². The molecule has 130 valence electrons. The van der Waals surface area contributed by atoms with Crippen molar-refractivity contribution in [3.63, 3.8) is 0 Å². The number of amides is 1. The van der Waals surface area contributed by atoms with Crippen molar-refractivity contribution >= 4 is 22.6 Å². The first-order chi connectivity index (χ1) is 12.1. The van der Waals surface area contributed by atoms with Crippen LogP contribution in [0.15, 0.2) is 30.3 Å². The monoisotopic (exact) mass is 337 g/mol. The van der Waals surface area contributed by atoms with Crippen molar-refractivity contribution in [2.45, 2.75) is 19.8 Å². The summed E-state index contributed by atoms with van der Waals surface area (Å²) in [4.78, 5) is 33.6. The van der Waals surface area contributed by atoms with E-state index in [0.717, 1.165) is 42.5 Å². The molecule has 0 radical (unpaired) electrons. The van der Waals surface area contributed by atoms with Crippen molar-refractivity contribution in [1.29, 1.82) is 0 Å². The second-order valence-electron chi connectivity index (χ2n) is 7.14. The molecule has 5 heteroatoms. The van der Waals surface area contributed by atoms with Gasteiger partial charge in [0.2, 0.25) is 0 Å². The van der Waals surface area contributed by atoms with Crippen LogP contribution in [0.2, 0.25) is 0 Å².